The Hall–Kier alpha value is -2.73. The van der Waals surface area contributed by atoms with Crippen LogP contribution in [-0.2, 0) is 17.9 Å². The molecule has 0 saturated carbocycles. The summed E-state index contributed by atoms with van der Waals surface area (Å²) in [5, 5.41) is 0. The Labute approximate surface area is 183 Å². The quantitative estimate of drug-likeness (QED) is 0.736. The molecule has 5 rings (SSSR count). The van der Waals surface area contributed by atoms with Crippen LogP contribution >= 0.6 is 0 Å². The average Bonchev–Trinajstić information content (AvgIpc) is 3.20. The Morgan fingerprint density at radius 2 is 1.71 bits per heavy atom. The number of likely N-dealkylation sites (tertiary alicyclic amines) is 2. The normalized spacial score (nSPS) is 23.4. The van der Waals surface area contributed by atoms with Gasteiger partial charge < -0.3 is 19.1 Å². The van der Waals surface area contributed by atoms with Crippen LogP contribution in [0.2, 0.25) is 0 Å². The summed E-state index contributed by atoms with van der Waals surface area (Å²) in [6.07, 6.45) is 2.84. The summed E-state index contributed by atoms with van der Waals surface area (Å²) in [5.41, 5.74) is 2.41. The zero-order valence-corrected chi connectivity index (χ0v) is 18.1. The monoisotopic (exact) mass is 422 g/mol. The van der Waals surface area contributed by atoms with Crippen molar-refractivity contribution in [1.82, 2.24) is 9.80 Å². The molecule has 2 fully saturated rings. The summed E-state index contributed by atoms with van der Waals surface area (Å²) >= 11 is 0. The summed E-state index contributed by atoms with van der Waals surface area (Å²) in [5.74, 6) is 3.83. The standard InChI is InChI=1S/C25H30N2O4/c1-29-22-5-2-18(3-6-22)14-26-10-8-20-13-25(28)27(11-9-21(20)16-26)15-19-4-7-23-24(12-19)31-17-30-23/h2-7,12,20-21H,8-11,13-17H2,1H3/t20-,21-/m0/s1. The first-order valence-electron chi connectivity index (χ1n) is 11.2. The molecule has 2 saturated heterocycles. The van der Waals surface area contributed by atoms with Crippen molar-refractivity contribution in [3.63, 3.8) is 0 Å². The third-order valence-corrected chi connectivity index (χ3v) is 6.91. The second kappa shape index (κ2) is 8.79. The van der Waals surface area contributed by atoms with Crippen LogP contribution in [0.1, 0.15) is 30.4 Å². The van der Waals surface area contributed by atoms with Gasteiger partial charge in [0.25, 0.3) is 0 Å². The van der Waals surface area contributed by atoms with Gasteiger partial charge in [0.15, 0.2) is 11.5 Å². The number of piperidine rings is 1. The van der Waals surface area contributed by atoms with Crippen molar-refractivity contribution in [2.45, 2.75) is 32.4 Å². The number of hydrogen-bond donors (Lipinski definition) is 0. The number of ether oxygens (including phenoxy) is 3. The van der Waals surface area contributed by atoms with Crippen LogP contribution < -0.4 is 14.2 Å². The highest BCUT2D eigenvalue weighted by Gasteiger charge is 2.35. The van der Waals surface area contributed by atoms with Crippen molar-refractivity contribution in [1.29, 1.82) is 0 Å². The van der Waals surface area contributed by atoms with Gasteiger partial charge in [0, 0.05) is 32.6 Å². The average molecular weight is 423 g/mol. The fourth-order valence-corrected chi connectivity index (χ4v) is 5.11. The molecule has 0 aromatic heterocycles. The van der Waals surface area contributed by atoms with Gasteiger partial charge in [0.1, 0.15) is 5.75 Å². The number of nitrogens with zero attached hydrogens (tertiary/aromatic N) is 2. The Balaban J connectivity index is 1.20. The van der Waals surface area contributed by atoms with Gasteiger partial charge in [-0.3, -0.25) is 9.69 Å². The summed E-state index contributed by atoms with van der Waals surface area (Å²) in [4.78, 5) is 17.6. The largest absolute Gasteiger partial charge is 0.497 e. The molecule has 3 aliphatic rings. The van der Waals surface area contributed by atoms with Crippen molar-refractivity contribution < 1.29 is 19.0 Å². The van der Waals surface area contributed by atoms with Crippen LogP contribution in [0.3, 0.4) is 0 Å². The summed E-state index contributed by atoms with van der Waals surface area (Å²) < 4.78 is 16.2. The van der Waals surface area contributed by atoms with Crippen molar-refractivity contribution in [3.8, 4) is 17.2 Å². The van der Waals surface area contributed by atoms with Gasteiger partial charge in [-0.2, -0.15) is 0 Å². The molecular weight excluding hydrogens is 392 g/mol. The third kappa shape index (κ3) is 4.49. The molecule has 6 heteroatoms. The Bertz CT molecular complexity index is 930. The van der Waals surface area contributed by atoms with E-state index in [0.29, 0.717) is 24.8 Å². The predicted octanol–water partition coefficient (Wildman–Crippen LogP) is 3.68. The van der Waals surface area contributed by atoms with E-state index in [0.717, 1.165) is 61.8 Å². The van der Waals surface area contributed by atoms with Crippen LogP contribution in [0, 0.1) is 11.8 Å². The first-order chi connectivity index (χ1) is 15.2. The number of carbonyl (C=O) groups is 1. The molecule has 0 aliphatic carbocycles. The summed E-state index contributed by atoms with van der Waals surface area (Å²) in [7, 11) is 1.70. The maximum absolute atomic E-state index is 13.0. The van der Waals surface area contributed by atoms with E-state index in [4.69, 9.17) is 14.2 Å². The molecule has 164 valence electrons. The Morgan fingerprint density at radius 3 is 2.55 bits per heavy atom. The highest BCUT2D eigenvalue weighted by molar-refractivity contribution is 5.76. The van der Waals surface area contributed by atoms with E-state index in [9.17, 15) is 4.79 Å². The summed E-state index contributed by atoms with van der Waals surface area (Å²) in [6, 6.07) is 14.3. The number of benzene rings is 2. The first kappa shape index (κ1) is 20.2. The van der Waals surface area contributed by atoms with Crippen LogP contribution in [0.5, 0.6) is 17.2 Å². The fraction of sp³-hybridized carbons (Fsp3) is 0.480. The zero-order valence-electron chi connectivity index (χ0n) is 18.1. The number of methoxy groups -OCH3 is 1. The molecule has 2 aromatic rings. The third-order valence-electron chi connectivity index (χ3n) is 6.91. The molecular formula is C25H30N2O4. The highest BCUT2D eigenvalue weighted by Crippen LogP contribution is 2.35. The van der Waals surface area contributed by atoms with Gasteiger partial charge in [-0.1, -0.05) is 18.2 Å². The smallest absolute Gasteiger partial charge is 0.231 e. The molecule has 31 heavy (non-hydrogen) atoms. The molecule has 0 unspecified atom stereocenters. The highest BCUT2D eigenvalue weighted by atomic mass is 16.7. The molecule has 0 N–H and O–H groups in total. The fourth-order valence-electron chi connectivity index (χ4n) is 5.11. The van der Waals surface area contributed by atoms with Crippen LogP contribution in [0.25, 0.3) is 0 Å². The molecule has 2 atom stereocenters. The van der Waals surface area contributed by atoms with Crippen molar-refractivity contribution in [3.05, 3.63) is 53.6 Å². The second-order valence-electron chi connectivity index (χ2n) is 8.89. The van der Waals surface area contributed by atoms with Crippen molar-refractivity contribution in [2.75, 3.05) is 33.5 Å². The topological polar surface area (TPSA) is 51.2 Å². The lowest BCUT2D eigenvalue weighted by molar-refractivity contribution is -0.132. The lowest BCUT2D eigenvalue weighted by Gasteiger charge is -2.37. The minimum Gasteiger partial charge on any atom is -0.497 e. The van der Waals surface area contributed by atoms with Crippen LogP contribution in [-0.4, -0.2) is 49.2 Å². The summed E-state index contributed by atoms with van der Waals surface area (Å²) in [6.45, 7) is 4.83. The van der Waals surface area contributed by atoms with Gasteiger partial charge in [-0.15, -0.1) is 0 Å². The number of rotatable bonds is 5. The maximum Gasteiger partial charge on any atom is 0.231 e. The van der Waals surface area contributed by atoms with E-state index in [-0.39, 0.29) is 12.7 Å². The number of hydrogen-bond acceptors (Lipinski definition) is 5. The molecule has 6 nitrogen and oxygen atoms in total. The van der Waals surface area contributed by atoms with Crippen molar-refractivity contribution >= 4 is 5.91 Å². The molecule has 0 spiro atoms. The van der Waals surface area contributed by atoms with E-state index in [1.807, 2.05) is 35.2 Å². The van der Waals surface area contributed by atoms with Crippen LogP contribution in [0.4, 0.5) is 0 Å². The van der Waals surface area contributed by atoms with Gasteiger partial charge in [-0.05, 0) is 66.6 Å². The van der Waals surface area contributed by atoms with Gasteiger partial charge in [0.05, 0.1) is 7.11 Å². The van der Waals surface area contributed by atoms with E-state index >= 15 is 0 Å². The molecule has 0 bridgehead atoms. The van der Waals surface area contributed by atoms with E-state index in [1.54, 1.807) is 7.11 Å². The molecule has 0 radical (unpaired) electrons. The van der Waals surface area contributed by atoms with Crippen molar-refractivity contribution in [2.24, 2.45) is 11.8 Å². The Kier molecular flexibility index (Phi) is 5.72. The second-order valence-corrected chi connectivity index (χ2v) is 8.89. The number of amides is 1. The SMILES string of the molecule is COc1ccc(CN2CC[C@H]3CC(=O)N(Cc4ccc5c(c4)OCO5)CC[C@H]3C2)cc1. The first-order valence-corrected chi connectivity index (χ1v) is 11.2. The lowest BCUT2D eigenvalue weighted by atomic mass is 9.82. The predicted molar refractivity (Wildman–Crippen MR) is 117 cm³/mol. The van der Waals surface area contributed by atoms with Gasteiger partial charge in [-0.25, -0.2) is 0 Å². The molecule has 3 aliphatic heterocycles. The number of carbonyl (C=O) groups excluding carboxylic acids is 1. The van der Waals surface area contributed by atoms with E-state index < -0.39 is 0 Å². The van der Waals surface area contributed by atoms with E-state index in [2.05, 4.69) is 17.0 Å². The minimum atomic E-state index is 0.276. The number of fused-ring (bicyclic) bond motifs is 2. The van der Waals surface area contributed by atoms with E-state index in [1.165, 1.54) is 5.56 Å². The lowest BCUT2D eigenvalue weighted by Crippen LogP contribution is -2.40. The van der Waals surface area contributed by atoms with Gasteiger partial charge >= 0.3 is 0 Å². The minimum absolute atomic E-state index is 0.276. The van der Waals surface area contributed by atoms with Gasteiger partial charge in [0.2, 0.25) is 12.7 Å². The molecule has 1 amide bonds. The zero-order chi connectivity index (χ0) is 21.2. The maximum atomic E-state index is 13.0. The molecule has 3 heterocycles. The molecule has 2 aromatic carbocycles. The van der Waals surface area contributed by atoms with Crippen LogP contribution in [0.15, 0.2) is 42.5 Å². The Morgan fingerprint density at radius 1 is 0.935 bits per heavy atom.